The first kappa shape index (κ1) is 22.1. The van der Waals surface area contributed by atoms with E-state index in [-0.39, 0.29) is 6.61 Å². The van der Waals surface area contributed by atoms with Crippen LogP contribution in [0.2, 0.25) is 0 Å². The van der Waals surface area contributed by atoms with Gasteiger partial charge in [0.2, 0.25) is 0 Å². The number of carbonyl (C=O) groups excluding carboxylic acids is 2. The molecule has 0 fully saturated rings. The number of rotatable bonds is 10. The normalized spacial score (nSPS) is 10.3. The number of nitrogens with one attached hydrogen (secondary N) is 2. The van der Waals surface area contributed by atoms with Gasteiger partial charge in [-0.25, -0.2) is 0 Å². The van der Waals surface area contributed by atoms with Crippen LogP contribution in [-0.4, -0.2) is 31.6 Å². The average molecular weight is 400 g/mol. The predicted octanol–water partition coefficient (Wildman–Crippen LogP) is 3.35. The van der Waals surface area contributed by atoms with E-state index < -0.39 is 11.8 Å². The minimum absolute atomic E-state index is 0.257. The number of carbonyl (C=O) groups is 2. The first-order chi connectivity index (χ1) is 14.0. The number of para-hydroxylation sites is 2. The molecule has 2 aromatic rings. The van der Waals surface area contributed by atoms with Gasteiger partial charge in [-0.1, -0.05) is 26.0 Å². The van der Waals surface area contributed by atoms with Gasteiger partial charge in [0.05, 0.1) is 13.2 Å². The zero-order valence-corrected chi connectivity index (χ0v) is 17.1. The lowest BCUT2D eigenvalue weighted by Gasteiger charge is -2.12. The maximum absolute atomic E-state index is 12.1. The molecule has 7 heteroatoms. The lowest BCUT2D eigenvalue weighted by molar-refractivity contribution is -0.123. The van der Waals surface area contributed by atoms with E-state index in [0.717, 1.165) is 6.42 Å². The summed E-state index contributed by atoms with van der Waals surface area (Å²) in [5, 5.41) is 0. The molecule has 0 radical (unpaired) electrons. The quantitative estimate of drug-likeness (QED) is 0.598. The van der Waals surface area contributed by atoms with Gasteiger partial charge in [0.25, 0.3) is 11.8 Å². The monoisotopic (exact) mass is 400 g/mol. The Balaban J connectivity index is 1.76. The molecule has 0 aliphatic rings. The van der Waals surface area contributed by atoms with Crippen LogP contribution in [0.1, 0.15) is 37.6 Å². The van der Waals surface area contributed by atoms with E-state index >= 15 is 0 Å². The van der Waals surface area contributed by atoms with Gasteiger partial charge in [-0.05, 0) is 55.7 Å². The van der Waals surface area contributed by atoms with Crippen molar-refractivity contribution < 1.29 is 23.8 Å². The highest BCUT2D eigenvalue weighted by atomic mass is 16.5. The van der Waals surface area contributed by atoms with Crippen LogP contribution in [0.3, 0.4) is 0 Å². The van der Waals surface area contributed by atoms with Crippen molar-refractivity contribution in [1.82, 2.24) is 10.9 Å². The average Bonchev–Trinajstić information content (AvgIpc) is 2.72. The topological polar surface area (TPSA) is 85.9 Å². The second-order valence-corrected chi connectivity index (χ2v) is 6.73. The van der Waals surface area contributed by atoms with Crippen LogP contribution in [0.25, 0.3) is 0 Å². The van der Waals surface area contributed by atoms with Gasteiger partial charge >= 0.3 is 0 Å². The second kappa shape index (κ2) is 11.6. The van der Waals surface area contributed by atoms with Crippen molar-refractivity contribution in [3.8, 4) is 17.2 Å². The zero-order chi connectivity index (χ0) is 21.1. The first-order valence-electron chi connectivity index (χ1n) is 9.66. The molecule has 2 N–H and O–H groups in total. The molecule has 0 aliphatic carbocycles. The smallest absolute Gasteiger partial charge is 0.276 e. The first-order valence-corrected chi connectivity index (χ1v) is 9.66. The Morgan fingerprint density at radius 1 is 0.897 bits per heavy atom. The molecule has 2 rings (SSSR count). The Bertz CT molecular complexity index is 790. The summed E-state index contributed by atoms with van der Waals surface area (Å²) in [5.74, 6) is 1.37. The van der Waals surface area contributed by atoms with Crippen LogP contribution in [0.15, 0.2) is 48.5 Å². The Morgan fingerprint density at radius 3 is 2.17 bits per heavy atom. The van der Waals surface area contributed by atoms with Crippen LogP contribution < -0.4 is 25.1 Å². The lowest BCUT2D eigenvalue weighted by Crippen LogP contribution is -2.43. The molecule has 0 heterocycles. The number of hydrogen-bond donors (Lipinski definition) is 2. The minimum Gasteiger partial charge on any atom is -0.494 e. The van der Waals surface area contributed by atoms with Gasteiger partial charge in [-0.15, -0.1) is 0 Å². The Labute approximate surface area is 171 Å². The number of ether oxygens (including phenoxy) is 3. The Morgan fingerprint density at radius 2 is 1.55 bits per heavy atom. The molecular weight excluding hydrogens is 372 g/mol. The zero-order valence-electron chi connectivity index (χ0n) is 17.1. The van der Waals surface area contributed by atoms with Gasteiger partial charge in [-0.2, -0.15) is 0 Å². The van der Waals surface area contributed by atoms with Crippen molar-refractivity contribution in [1.29, 1.82) is 0 Å². The lowest BCUT2D eigenvalue weighted by atomic mass is 10.1. The summed E-state index contributed by atoms with van der Waals surface area (Å²) in [6.45, 7) is 6.99. The van der Waals surface area contributed by atoms with E-state index in [0.29, 0.717) is 41.9 Å². The van der Waals surface area contributed by atoms with Crippen LogP contribution in [-0.2, 0) is 4.79 Å². The molecule has 7 nitrogen and oxygen atoms in total. The highest BCUT2D eigenvalue weighted by Crippen LogP contribution is 2.26. The van der Waals surface area contributed by atoms with E-state index in [4.69, 9.17) is 14.2 Å². The van der Waals surface area contributed by atoms with E-state index in [1.807, 2.05) is 13.0 Å². The number of amides is 2. The van der Waals surface area contributed by atoms with E-state index in [9.17, 15) is 9.59 Å². The molecular formula is C22H28N2O5. The maximum atomic E-state index is 12.1. The molecule has 2 aromatic carbocycles. The number of hydrazine groups is 1. The van der Waals surface area contributed by atoms with Crippen LogP contribution in [0.5, 0.6) is 17.2 Å². The molecule has 0 spiro atoms. The molecule has 0 saturated heterocycles. The van der Waals surface area contributed by atoms with Crippen molar-refractivity contribution in [2.24, 2.45) is 5.92 Å². The summed E-state index contributed by atoms with van der Waals surface area (Å²) in [6.07, 6.45) is 0.964. The van der Waals surface area contributed by atoms with Crippen molar-refractivity contribution >= 4 is 11.8 Å². The SMILES string of the molecule is CCOc1ccccc1OCC(=O)NNC(=O)c1ccc(OCCC(C)C)cc1. The standard InChI is InChI=1S/C22H28N2O5/c1-4-27-19-7-5-6-8-20(19)29-15-21(25)23-24-22(26)17-9-11-18(12-10-17)28-14-13-16(2)3/h5-12,16H,4,13-15H2,1-3H3,(H,23,25)(H,24,26). The predicted molar refractivity (Wildman–Crippen MR) is 110 cm³/mol. The second-order valence-electron chi connectivity index (χ2n) is 6.73. The summed E-state index contributed by atoms with van der Waals surface area (Å²) in [7, 11) is 0. The summed E-state index contributed by atoms with van der Waals surface area (Å²) in [4.78, 5) is 24.1. The molecule has 2 amide bonds. The maximum Gasteiger partial charge on any atom is 0.276 e. The minimum atomic E-state index is -0.488. The molecule has 0 saturated carbocycles. The summed E-state index contributed by atoms with van der Waals surface area (Å²) >= 11 is 0. The Kier molecular flexibility index (Phi) is 8.82. The third kappa shape index (κ3) is 7.73. The molecule has 0 unspecified atom stereocenters. The van der Waals surface area contributed by atoms with Crippen molar-refractivity contribution in [3.63, 3.8) is 0 Å². The van der Waals surface area contributed by atoms with Crippen molar-refractivity contribution in [3.05, 3.63) is 54.1 Å². The van der Waals surface area contributed by atoms with E-state index in [1.165, 1.54) is 0 Å². The van der Waals surface area contributed by atoms with Gasteiger partial charge in [0, 0.05) is 5.56 Å². The molecule has 0 bridgehead atoms. The highest BCUT2D eigenvalue weighted by Gasteiger charge is 2.10. The van der Waals surface area contributed by atoms with E-state index in [2.05, 4.69) is 24.7 Å². The Hall–Kier alpha value is -3.22. The summed E-state index contributed by atoms with van der Waals surface area (Å²) in [6, 6.07) is 13.8. The number of benzene rings is 2. The van der Waals surface area contributed by atoms with E-state index in [1.54, 1.807) is 42.5 Å². The summed E-state index contributed by atoms with van der Waals surface area (Å²) in [5.41, 5.74) is 5.10. The van der Waals surface area contributed by atoms with Gasteiger partial charge in [-0.3, -0.25) is 20.4 Å². The fourth-order valence-electron chi connectivity index (χ4n) is 2.34. The highest BCUT2D eigenvalue weighted by molar-refractivity contribution is 5.95. The van der Waals surface area contributed by atoms with Gasteiger partial charge in [0.15, 0.2) is 18.1 Å². The molecule has 0 atom stereocenters. The summed E-state index contributed by atoms with van der Waals surface area (Å²) < 4.78 is 16.5. The number of hydrogen-bond acceptors (Lipinski definition) is 5. The van der Waals surface area contributed by atoms with Crippen LogP contribution in [0.4, 0.5) is 0 Å². The van der Waals surface area contributed by atoms with Gasteiger partial charge < -0.3 is 14.2 Å². The molecule has 29 heavy (non-hydrogen) atoms. The fourth-order valence-corrected chi connectivity index (χ4v) is 2.34. The van der Waals surface area contributed by atoms with Crippen LogP contribution >= 0.6 is 0 Å². The van der Waals surface area contributed by atoms with Gasteiger partial charge in [0.1, 0.15) is 5.75 Å². The third-order valence-electron chi connectivity index (χ3n) is 3.90. The van der Waals surface area contributed by atoms with Crippen LogP contribution in [0, 0.1) is 5.92 Å². The molecule has 156 valence electrons. The van der Waals surface area contributed by atoms with Crippen molar-refractivity contribution in [2.75, 3.05) is 19.8 Å². The molecule has 0 aromatic heterocycles. The largest absolute Gasteiger partial charge is 0.494 e. The third-order valence-corrected chi connectivity index (χ3v) is 3.90. The fraction of sp³-hybridized carbons (Fsp3) is 0.364. The molecule has 0 aliphatic heterocycles. The van der Waals surface area contributed by atoms with Crippen molar-refractivity contribution in [2.45, 2.75) is 27.2 Å².